The van der Waals surface area contributed by atoms with Gasteiger partial charge in [-0.1, -0.05) is 19.3 Å². The molecule has 0 aromatic carbocycles. The molecular weight excluding hydrogens is 308 g/mol. The lowest BCUT2D eigenvalue weighted by molar-refractivity contribution is 0.0593. The lowest BCUT2D eigenvalue weighted by Gasteiger charge is -2.48. The summed E-state index contributed by atoms with van der Waals surface area (Å²) in [5.41, 5.74) is 1.68. The van der Waals surface area contributed by atoms with E-state index < -0.39 is 0 Å². The number of rotatable bonds is 4. The van der Waals surface area contributed by atoms with E-state index in [4.69, 9.17) is 0 Å². The summed E-state index contributed by atoms with van der Waals surface area (Å²) in [5.74, 6) is 0. The molecule has 18 heavy (non-hydrogen) atoms. The normalized spacial score (nSPS) is 21.2. The van der Waals surface area contributed by atoms with Gasteiger partial charge in [-0.25, -0.2) is 0 Å². The van der Waals surface area contributed by atoms with Gasteiger partial charge in [0.1, 0.15) is 0 Å². The number of hydrogen-bond donors (Lipinski definition) is 1. The summed E-state index contributed by atoms with van der Waals surface area (Å²) < 4.78 is 1.25. The Kier molecular flexibility index (Phi) is 4.86. The first-order valence-electron chi connectivity index (χ1n) is 6.68. The highest BCUT2D eigenvalue weighted by Crippen LogP contribution is 2.44. The van der Waals surface area contributed by atoms with Crippen molar-refractivity contribution in [2.45, 2.75) is 43.7 Å². The molecule has 2 nitrogen and oxygen atoms in total. The van der Waals surface area contributed by atoms with E-state index in [0.717, 1.165) is 0 Å². The summed E-state index contributed by atoms with van der Waals surface area (Å²) in [6, 6.07) is 0.411. The number of likely N-dealkylation sites (N-methyl/N-ethyl adjacent to an activating group) is 2. The average molecular weight is 331 g/mol. The first-order valence-corrected chi connectivity index (χ1v) is 8.41. The average Bonchev–Trinajstić information content (AvgIpc) is 2.78. The monoisotopic (exact) mass is 330 g/mol. The van der Waals surface area contributed by atoms with E-state index in [0.29, 0.717) is 6.04 Å². The molecule has 1 aromatic rings. The minimum absolute atomic E-state index is 0.261. The molecule has 1 N–H and O–H groups in total. The van der Waals surface area contributed by atoms with E-state index in [1.807, 2.05) is 0 Å². The van der Waals surface area contributed by atoms with E-state index in [-0.39, 0.29) is 5.54 Å². The van der Waals surface area contributed by atoms with Crippen LogP contribution in [0.5, 0.6) is 0 Å². The third-order valence-corrected chi connectivity index (χ3v) is 6.14. The fraction of sp³-hybridized carbons (Fsp3) is 0.714. The summed E-state index contributed by atoms with van der Waals surface area (Å²) >= 11 is 5.48. The zero-order chi connectivity index (χ0) is 13.2. The van der Waals surface area contributed by atoms with Crippen molar-refractivity contribution in [3.05, 3.63) is 20.8 Å². The van der Waals surface area contributed by atoms with Crippen LogP contribution in [0.25, 0.3) is 0 Å². The van der Waals surface area contributed by atoms with E-state index in [9.17, 15) is 0 Å². The Balaban J connectivity index is 2.36. The molecule has 102 valence electrons. The fourth-order valence-electron chi connectivity index (χ4n) is 3.37. The molecule has 1 aliphatic rings. The lowest BCUT2D eigenvalue weighted by atomic mass is 9.73. The van der Waals surface area contributed by atoms with Gasteiger partial charge in [0.25, 0.3) is 0 Å². The van der Waals surface area contributed by atoms with E-state index in [2.05, 4.69) is 58.0 Å². The highest BCUT2D eigenvalue weighted by Gasteiger charge is 2.42. The standard InChI is InChI=1S/C14H23BrN2S/c1-16-13(11-9-18-10-12(11)15)14(17(2)3)7-5-4-6-8-14/h9-10,13,16H,4-8H2,1-3H3. The van der Waals surface area contributed by atoms with Crippen LogP contribution in [-0.4, -0.2) is 31.6 Å². The van der Waals surface area contributed by atoms with Crippen LogP contribution in [0, 0.1) is 0 Å². The summed E-state index contributed by atoms with van der Waals surface area (Å²) in [5, 5.41) is 8.04. The van der Waals surface area contributed by atoms with Crippen molar-refractivity contribution >= 4 is 27.3 Å². The lowest BCUT2D eigenvalue weighted by Crippen LogP contribution is -2.54. The van der Waals surface area contributed by atoms with Crippen LogP contribution >= 0.6 is 27.3 Å². The molecule has 1 saturated carbocycles. The Morgan fingerprint density at radius 2 is 1.94 bits per heavy atom. The second-order valence-electron chi connectivity index (χ2n) is 5.46. The third-order valence-electron chi connectivity index (χ3n) is 4.39. The van der Waals surface area contributed by atoms with Crippen LogP contribution in [-0.2, 0) is 0 Å². The van der Waals surface area contributed by atoms with Crippen molar-refractivity contribution in [3.63, 3.8) is 0 Å². The quantitative estimate of drug-likeness (QED) is 0.896. The molecule has 0 amide bonds. The smallest absolute Gasteiger partial charge is 0.0524 e. The molecule has 2 rings (SSSR count). The number of thiophene rings is 1. The van der Waals surface area contributed by atoms with Crippen molar-refractivity contribution < 1.29 is 0 Å². The van der Waals surface area contributed by atoms with Gasteiger partial charge in [-0.05, 0) is 60.9 Å². The maximum atomic E-state index is 3.70. The van der Waals surface area contributed by atoms with Crippen LogP contribution in [0.3, 0.4) is 0 Å². The number of halogens is 1. The Hall–Kier alpha value is 0.1000. The Morgan fingerprint density at radius 3 is 2.39 bits per heavy atom. The fourth-order valence-corrected chi connectivity index (χ4v) is 4.92. The molecular formula is C14H23BrN2S. The second-order valence-corrected chi connectivity index (χ2v) is 7.05. The summed E-state index contributed by atoms with van der Waals surface area (Å²) in [6.07, 6.45) is 6.65. The number of hydrogen-bond acceptors (Lipinski definition) is 3. The Bertz CT molecular complexity index is 383. The van der Waals surface area contributed by atoms with Gasteiger partial charge in [-0.15, -0.1) is 0 Å². The van der Waals surface area contributed by atoms with Crippen LogP contribution in [0.1, 0.15) is 43.7 Å². The summed E-state index contributed by atoms with van der Waals surface area (Å²) in [7, 11) is 6.56. The van der Waals surface area contributed by atoms with Crippen molar-refractivity contribution in [2.24, 2.45) is 0 Å². The van der Waals surface area contributed by atoms with Crippen molar-refractivity contribution in [2.75, 3.05) is 21.1 Å². The molecule has 1 aromatic heterocycles. The molecule has 1 aliphatic carbocycles. The highest BCUT2D eigenvalue weighted by atomic mass is 79.9. The maximum Gasteiger partial charge on any atom is 0.0524 e. The van der Waals surface area contributed by atoms with Crippen LogP contribution < -0.4 is 5.32 Å². The third kappa shape index (κ3) is 2.53. The van der Waals surface area contributed by atoms with E-state index >= 15 is 0 Å². The van der Waals surface area contributed by atoms with Gasteiger partial charge in [-0.2, -0.15) is 11.3 Å². The van der Waals surface area contributed by atoms with Crippen LogP contribution in [0.15, 0.2) is 15.2 Å². The predicted molar refractivity (Wildman–Crippen MR) is 83.3 cm³/mol. The largest absolute Gasteiger partial charge is 0.311 e. The molecule has 0 spiro atoms. The second kappa shape index (κ2) is 6.04. The number of nitrogens with zero attached hydrogens (tertiary/aromatic N) is 1. The summed E-state index contributed by atoms with van der Waals surface area (Å²) in [6.45, 7) is 0. The molecule has 0 radical (unpaired) electrons. The van der Waals surface area contributed by atoms with Gasteiger partial charge < -0.3 is 10.2 Å². The molecule has 1 fully saturated rings. The first kappa shape index (κ1) is 14.5. The van der Waals surface area contributed by atoms with Gasteiger partial charge in [0, 0.05) is 15.4 Å². The van der Waals surface area contributed by atoms with Crippen molar-refractivity contribution in [3.8, 4) is 0 Å². The van der Waals surface area contributed by atoms with Gasteiger partial charge >= 0.3 is 0 Å². The Morgan fingerprint density at radius 1 is 1.28 bits per heavy atom. The molecule has 0 bridgehead atoms. The molecule has 1 atom stereocenters. The van der Waals surface area contributed by atoms with Crippen LogP contribution in [0.4, 0.5) is 0 Å². The molecule has 1 unspecified atom stereocenters. The number of nitrogens with one attached hydrogen (secondary N) is 1. The summed E-state index contributed by atoms with van der Waals surface area (Å²) in [4.78, 5) is 2.44. The SMILES string of the molecule is CNC(c1cscc1Br)C1(N(C)C)CCCCC1. The van der Waals surface area contributed by atoms with E-state index in [1.165, 1.54) is 42.1 Å². The highest BCUT2D eigenvalue weighted by molar-refractivity contribution is 9.10. The van der Waals surface area contributed by atoms with Gasteiger partial charge in [0.15, 0.2) is 0 Å². The Labute approximate surface area is 123 Å². The molecule has 0 saturated heterocycles. The first-order chi connectivity index (χ1) is 8.62. The zero-order valence-electron chi connectivity index (χ0n) is 11.5. The van der Waals surface area contributed by atoms with Gasteiger partial charge in [-0.3, -0.25) is 0 Å². The van der Waals surface area contributed by atoms with Crippen LogP contribution in [0.2, 0.25) is 0 Å². The van der Waals surface area contributed by atoms with Crippen molar-refractivity contribution in [1.82, 2.24) is 10.2 Å². The molecule has 4 heteroatoms. The van der Waals surface area contributed by atoms with E-state index in [1.54, 1.807) is 11.3 Å². The van der Waals surface area contributed by atoms with Crippen molar-refractivity contribution in [1.29, 1.82) is 0 Å². The minimum atomic E-state index is 0.261. The van der Waals surface area contributed by atoms with Gasteiger partial charge in [0.2, 0.25) is 0 Å². The topological polar surface area (TPSA) is 15.3 Å². The maximum absolute atomic E-state index is 3.70. The van der Waals surface area contributed by atoms with Gasteiger partial charge in [0.05, 0.1) is 6.04 Å². The minimum Gasteiger partial charge on any atom is -0.311 e. The zero-order valence-corrected chi connectivity index (χ0v) is 13.9. The molecule has 0 aliphatic heterocycles. The molecule has 1 heterocycles. The predicted octanol–water partition coefficient (Wildman–Crippen LogP) is 4.04.